The largest absolute Gasteiger partial charge is 0.364 e. The SMILES string of the molecule is Cc1c(N(/N=C(\C#N)C(N)=O)c2ccccc2S(=O)(=O)Nc2ncccn2)c(=O)n(-c2ccccc2)n1C. The van der Waals surface area contributed by atoms with Gasteiger partial charge in [-0.1, -0.05) is 30.3 Å². The topological polar surface area (TPSA) is 181 Å². The van der Waals surface area contributed by atoms with Crippen molar-refractivity contribution < 1.29 is 13.2 Å². The molecule has 4 aromatic rings. The number of hydrazone groups is 1. The van der Waals surface area contributed by atoms with Crippen LogP contribution in [0.2, 0.25) is 0 Å². The standard InChI is InChI=1S/C24H21N9O4S/c1-16-21(23(35)33(31(16)2)17-9-4-3-5-10-17)32(29-18(15-25)22(26)34)19-11-6-7-12-20(19)38(36,37)30-24-27-13-8-14-28-24/h3-14H,1-2H3,(H2,26,34)(H,27,28,30)/b29-18+. The van der Waals surface area contributed by atoms with Crippen molar-refractivity contribution in [2.24, 2.45) is 17.9 Å². The van der Waals surface area contributed by atoms with Gasteiger partial charge in [-0.2, -0.15) is 10.4 Å². The Kier molecular flexibility index (Phi) is 7.04. The van der Waals surface area contributed by atoms with E-state index in [2.05, 4.69) is 19.8 Å². The van der Waals surface area contributed by atoms with Gasteiger partial charge in [0.1, 0.15) is 11.0 Å². The van der Waals surface area contributed by atoms with E-state index in [9.17, 15) is 23.3 Å². The molecule has 0 saturated carbocycles. The maximum Gasteiger partial charge on any atom is 0.297 e. The Morgan fingerprint density at radius 2 is 1.71 bits per heavy atom. The maximum absolute atomic E-state index is 13.8. The summed E-state index contributed by atoms with van der Waals surface area (Å²) in [6.45, 7) is 1.61. The van der Waals surface area contributed by atoms with Crippen LogP contribution in [0, 0.1) is 18.3 Å². The third kappa shape index (κ3) is 4.86. The minimum absolute atomic E-state index is 0.107. The molecule has 0 bridgehead atoms. The normalized spacial score (nSPS) is 11.6. The van der Waals surface area contributed by atoms with Crippen molar-refractivity contribution in [2.45, 2.75) is 11.8 Å². The van der Waals surface area contributed by atoms with Crippen molar-refractivity contribution >= 4 is 39.0 Å². The number of carbonyl (C=O) groups is 1. The molecule has 0 aliphatic rings. The van der Waals surface area contributed by atoms with E-state index in [1.54, 1.807) is 55.1 Å². The van der Waals surface area contributed by atoms with Crippen LogP contribution in [0.4, 0.5) is 17.3 Å². The minimum Gasteiger partial charge on any atom is -0.364 e. The van der Waals surface area contributed by atoms with Gasteiger partial charge in [-0.25, -0.2) is 32.8 Å². The number of nitrogens with one attached hydrogen (secondary N) is 1. The Hall–Kier alpha value is -5.29. The number of benzene rings is 2. The van der Waals surface area contributed by atoms with E-state index >= 15 is 0 Å². The number of nitriles is 1. The molecule has 0 unspecified atom stereocenters. The monoisotopic (exact) mass is 531 g/mol. The third-order valence-corrected chi connectivity index (χ3v) is 6.82. The molecule has 2 heterocycles. The lowest BCUT2D eigenvalue weighted by Crippen LogP contribution is -2.29. The summed E-state index contributed by atoms with van der Waals surface area (Å²) < 4.78 is 32.0. The molecular weight excluding hydrogens is 510 g/mol. The van der Waals surface area contributed by atoms with Gasteiger partial charge in [-0.3, -0.25) is 14.3 Å². The van der Waals surface area contributed by atoms with E-state index in [0.29, 0.717) is 11.4 Å². The highest BCUT2D eigenvalue weighted by Gasteiger charge is 2.29. The van der Waals surface area contributed by atoms with Gasteiger partial charge in [0, 0.05) is 19.4 Å². The molecule has 0 aliphatic heterocycles. The number of rotatable bonds is 8. The van der Waals surface area contributed by atoms with Gasteiger partial charge in [0.05, 0.1) is 17.1 Å². The van der Waals surface area contributed by atoms with Gasteiger partial charge in [0.25, 0.3) is 21.5 Å². The molecule has 192 valence electrons. The number of nitrogens with two attached hydrogens (primary N) is 1. The van der Waals surface area contributed by atoms with Crippen LogP contribution in [0.5, 0.6) is 0 Å². The van der Waals surface area contributed by atoms with Crippen LogP contribution < -0.4 is 21.0 Å². The Morgan fingerprint density at radius 3 is 2.34 bits per heavy atom. The Labute approximate surface area is 217 Å². The highest BCUT2D eigenvalue weighted by molar-refractivity contribution is 7.92. The average molecular weight is 532 g/mol. The first-order valence-electron chi connectivity index (χ1n) is 11.0. The van der Waals surface area contributed by atoms with E-state index in [4.69, 9.17) is 5.73 Å². The number of amides is 1. The number of carbonyl (C=O) groups excluding carboxylic acids is 1. The van der Waals surface area contributed by atoms with Crippen LogP contribution in [-0.4, -0.2) is 39.4 Å². The summed E-state index contributed by atoms with van der Waals surface area (Å²) >= 11 is 0. The van der Waals surface area contributed by atoms with Crippen LogP contribution in [0.3, 0.4) is 0 Å². The number of primary amides is 1. The van der Waals surface area contributed by atoms with Crippen LogP contribution in [0.25, 0.3) is 5.69 Å². The lowest BCUT2D eigenvalue weighted by Gasteiger charge is -2.21. The fourth-order valence-electron chi connectivity index (χ4n) is 3.64. The second-order valence-corrected chi connectivity index (χ2v) is 9.44. The molecule has 1 amide bonds. The number of anilines is 3. The zero-order valence-corrected chi connectivity index (χ0v) is 21.0. The van der Waals surface area contributed by atoms with Gasteiger partial charge in [-0.05, 0) is 37.3 Å². The summed E-state index contributed by atoms with van der Waals surface area (Å²) in [5.41, 5.74) is 4.64. The van der Waals surface area contributed by atoms with E-state index in [0.717, 1.165) is 5.01 Å². The van der Waals surface area contributed by atoms with Gasteiger partial charge in [-0.15, -0.1) is 0 Å². The molecule has 38 heavy (non-hydrogen) atoms. The number of aromatic nitrogens is 4. The Morgan fingerprint density at radius 1 is 1.08 bits per heavy atom. The summed E-state index contributed by atoms with van der Waals surface area (Å²) in [6.07, 6.45) is 2.72. The molecule has 0 spiro atoms. The first kappa shape index (κ1) is 25.8. The smallest absolute Gasteiger partial charge is 0.297 e. The van der Waals surface area contributed by atoms with E-state index in [1.165, 1.54) is 47.4 Å². The molecule has 0 fully saturated rings. The second kappa shape index (κ2) is 10.4. The minimum atomic E-state index is -4.34. The van der Waals surface area contributed by atoms with Gasteiger partial charge < -0.3 is 5.73 Å². The lowest BCUT2D eigenvalue weighted by molar-refractivity contribution is -0.111. The Bertz CT molecular complexity index is 1740. The second-order valence-electron chi connectivity index (χ2n) is 7.79. The Balaban J connectivity index is 1.99. The van der Waals surface area contributed by atoms with Crippen LogP contribution >= 0.6 is 0 Å². The molecule has 13 nitrogen and oxygen atoms in total. The number of hydrogen-bond donors (Lipinski definition) is 2. The molecule has 0 atom stereocenters. The number of nitrogens with zero attached hydrogens (tertiary/aromatic N) is 7. The summed E-state index contributed by atoms with van der Waals surface area (Å²) in [4.78, 5) is 33.1. The fraction of sp³-hybridized carbons (Fsp3) is 0.0833. The zero-order chi connectivity index (χ0) is 27.4. The van der Waals surface area contributed by atoms with E-state index in [-0.39, 0.29) is 22.2 Å². The van der Waals surface area contributed by atoms with Crippen LogP contribution in [0.1, 0.15) is 5.69 Å². The average Bonchev–Trinajstić information content (AvgIpc) is 3.13. The summed E-state index contributed by atoms with van der Waals surface area (Å²) in [5.74, 6) is -1.35. The molecule has 0 aliphatic carbocycles. The summed E-state index contributed by atoms with van der Waals surface area (Å²) in [6, 6.07) is 17.5. The van der Waals surface area contributed by atoms with Crippen molar-refractivity contribution in [3.63, 3.8) is 0 Å². The quantitative estimate of drug-likeness (QED) is 0.254. The maximum atomic E-state index is 13.8. The molecule has 2 aromatic heterocycles. The number of sulfonamides is 1. The first-order chi connectivity index (χ1) is 18.2. The molecule has 2 aromatic carbocycles. The number of hydrogen-bond acceptors (Lipinski definition) is 9. The molecule has 0 saturated heterocycles. The number of para-hydroxylation sites is 2. The van der Waals surface area contributed by atoms with Crippen molar-refractivity contribution in [3.05, 3.63) is 89.1 Å². The summed E-state index contributed by atoms with van der Waals surface area (Å²) in [7, 11) is -2.71. The van der Waals surface area contributed by atoms with Crippen molar-refractivity contribution in [3.8, 4) is 11.8 Å². The van der Waals surface area contributed by atoms with Crippen molar-refractivity contribution in [1.82, 2.24) is 19.3 Å². The molecular formula is C24H21N9O4S. The highest BCUT2D eigenvalue weighted by atomic mass is 32.2. The predicted molar refractivity (Wildman–Crippen MR) is 139 cm³/mol. The fourth-order valence-corrected chi connectivity index (χ4v) is 4.78. The summed E-state index contributed by atoms with van der Waals surface area (Å²) in [5, 5.41) is 14.5. The van der Waals surface area contributed by atoms with Crippen molar-refractivity contribution in [1.29, 1.82) is 5.26 Å². The van der Waals surface area contributed by atoms with Gasteiger partial charge in [0.2, 0.25) is 11.7 Å². The van der Waals surface area contributed by atoms with Crippen LogP contribution in [0.15, 0.2) is 87.8 Å². The van der Waals surface area contributed by atoms with Crippen molar-refractivity contribution in [2.75, 3.05) is 9.73 Å². The zero-order valence-electron chi connectivity index (χ0n) is 20.2. The highest BCUT2D eigenvalue weighted by Crippen LogP contribution is 2.33. The third-order valence-electron chi connectivity index (χ3n) is 5.45. The van der Waals surface area contributed by atoms with E-state index in [1.807, 2.05) is 0 Å². The molecule has 3 N–H and O–H groups in total. The lowest BCUT2D eigenvalue weighted by atomic mass is 10.2. The van der Waals surface area contributed by atoms with Gasteiger partial charge >= 0.3 is 0 Å². The first-order valence-corrected chi connectivity index (χ1v) is 12.5. The van der Waals surface area contributed by atoms with Gasteiger partial charge in [0.15, 0.2) is 5.69 Å². The predicted octanol–water partition coefficient (Wildman–Crippen LogP) is 1.58. The molecule has 4 rings (SSSR count). The molecule has 14 heteroatoms. The molecule has 0 radical (unpaired) electrons. The van der Waals surface area contributed by atoms with Crippen LogP contribution in [-0.2, 0) is 21.9 Å². The van der Waals surface area contributed by atoms with E-state index < -0.39 is 27.2 Å².